The number of ether oxygens (including phenoxy) is 4. The van der Waals surface area contributed by atoms with Gasteiger partial charge in [-0.3, -0.25) is 0 Å². The van der Waals surface area contributed by atoms with Crippen LogP contribution in [0.3, 0.4) is 0 Å². The van der Waals surface area contributed by atoms with Crippen molar-refractivity contribution in [3.05, 3.63) is 72.1 Å². The van der Waals surface area contributed by atoms with E-state index in [1.54, 1.807) is 26.0 Å². The molecule has 1 unspecified atom stereocenters. The van der Waals surface area contributed by atoms with Crippen LogP contribution in [0, 0.1) is 5.82 Å². The van der Waals surface area contributed by atoms with E-state index in [1.165, 1.54) is 25.3 Å². The van der Waals surface area contributed by atoms with Crippen molar-refractivity contribution in [2.75, 3.05) is 38.1 Å². The second kappa shape index (κ2) is 20.2. The Balaban J connectivity index is 2.19. The summed E-state index contributed by atoms with van der Waals surface area (Å²) < 4.78 is 37.6. The molecule has 250 valence electrons. The number of aryl methyl sites for hydroxylation is 1. The van der Waals surface area contributed by atoms with E-state index in [0.29, 0.717) is 41.9 Å². The highest BCUT2D eigenvalue weighted by Gasteiger charge is 2.35. The van der Waals surface area contributed by atoms with E-state index in [2.05, 4.69) is 20.1 Å². The molecule has 0 saturated carbocycles. The molecule has 0 amide bonds. The lowest BCUT2D eigenvalue weighted by atomic mass is 10.00. The first-order chi connectivity index (χ1) is 21.6. The van der Waals surface area contributed by atoms with Gasteiger partial charge in [-0.05, 0) is 79.6 Å². The summed E-state index contributed by atoms with van der Waals surface area (Å²) >= 11 is 0. The lowest BCUT2D eigenvalue weighted by Gasteiger charge is -2.28. The van der Waals surface area contributed by atoms with E-state index in [9.17, 15) is 20.1 Å². The van der Waals surface area contributed by atoms with E-state index in [-0.39, 0.29) is 37.3 Å². The number of benzene rings is 2. The molecule has 10 heteroatoms. The van der Waals surface area contributed by atoms with Crippen molar-refractivity contribution in [1.82, 2.24) is 0 Å². The monoisotopic (exact) mass is 646 g/mol. The van der Waals surface area contributed by atoms with Crippen molar-refractivity contribution in [2.45, 2.75) is 78.4 Å². The molecule has 0 saturated heterocycles. The van der Waals surface area contributed by atoms with Crippen LogP contribution in [0.1, 0.15) is 71.3 Å². The van der Waals surface area contributed by atoms with Gasteiger partial charge >= 0.3 is 5.97 Å². The predicted molar refractivity (Wildman–Crippen MR) is 177 cm³/mol. The maximum absolute atomic E-state index is 15.0. The quantitative estimate of drug-likeness (QED) is 0.0328. The first-order valence-electron chi connectivity index (χ1n) is 15.7. The van der Waals surface area contributed by atoms with Gasteiger partial charge < -0.3 is 34.3 Å². The number of rotatable bonds is 23. The summed E-state index contributed by atoms with van der Waals surface area (Å²) in [6.45, 7) is 13.3. The summed E-state index contributed by atoms with van der Waals surface area (Å²) in [5.74, 6) is -0.164. The highest BCUT2D eigenvalue weighted by atomic mass is 28.3. The average Bonchev–Trinajstić information content (AvgIpc) is 3.03. The van der Waals surface area contributed by atoms with Gasteiger partial charge in [0.1, 0.15) is 5.75 Å². The zero-order valence-electron chi connectivity index (χ0n) is 27.1. The Labute approximate surface area is 268 Å². The summed E-state index contributed by atoms with van der Waals surface area (Å²) in [5, 5.41) is 30.3. The van der Waals surface area contributed by atoms with Gasteiger partial charge in [0.15, 0.2) is 25.9 Å². The van der Waals surface area contributed by atoms with E-state index in [1.807, 2.05) is 18.2 Å². The third kappa shape index (κ3) is 13.1. The number of unbranched alkanes of at least 4 members (excludes halogenated alkanes) is 5. The molecule has 3 N–H and O–H groups in total. The highest BCUT2D eigenvalue weighted by Crippen LogP contribution is 2.31. The highest BCUT2D eigenvalue weighted by molar-refractivity contribution is 6.79. The molecule has 0 spiro atoms. The lowest BCUT2D eigenvalue weighted by molar-refractivity contribution is -0.139. The number of aliphatic hydroxyl groups is 3. The molecule has 2 aromatic carbocycles. The molecule has 1 atom stereocenters. The molecular formula is C35H51FO8Si. The van der Waals surface area contributed by atoms with Crippen LogP contribution in [0.4, 0.5) is 4.39 Å². The molecule has 0 aliphatic carbocycles. The molecule has 0 bridgehead atoms. The number of esters is 1. The Bertz CT molecular complexity index is 1230. The van der Waals surface area contributed by atoms with Crippen molar-refractivity contribution >= 4 is 14.0 Å². The summed E-state index contributed by atoms with van der Waals surface area (Å²) in [5.41, 5.74) is 2.93. The molecule has 0 aliphatic rings. The van der Waals surface area contributed by atoms with Crippen molar-refractivity contribution in [1.29, 1.82) is 0 Å². The van der Waals surface area contributed by atoms with Crippen LogP contribution >= 0.6 is 0 Å². The largest absolute Gasteiger partial charge is 0.497 e. The Morgan fingerprint density at radius 3 is 2.13 bits per heavy atom. The molecule has 2 rings (SSSR count). The fraction of sp³-hybridized carbons (Fsp3) is 0.514. The van der Waals surface area contributed by atoms with Crippen LogP contribution in [0.5, 0.6) is 11.5 Å². The van der Waals surface area contributed by atoms with Gasteiger partial charge in [-0.25, -0.2) is 9.18 Å². The number of carbonyl (C=O) groups excluding carboxylic acids is 1. The first kappa shape index (κ1) is 38.2. The molecule has 2 aromatic rings. The fourth-order valence-corrected chi connectivity index (χ4v) is 5.93. The normalized spacial score (nSPS) is 12.1. The van der Waals surface area contributed by atoms with Gasteiger partial charge in [0.25, 0.3) is 0 Å². The van der Waals surface area contributed by atoms with Crippen LogP contribution in [-0.2, 0) is 20.7 Å². The van der Waals surface area contributed by atoms with Crippen molar-refractivity contribution in [2.24, 2.45) is 0 Å². The van der Waals surface area contributed by atoms with Crippen LogP contribution in [0.2, 0.25) is 0 Å². The first-order valence-corrected chi connectivity index (χ1v) is 18.6. The average molecular weight is 647 g/mol. The maximum atomic E-state index is 15.0. The smallest absolute Gasteiger partial charge is 0.333 e. The number of carbonyl (C=O) groups is 1. The van der Waals surface area contributed by atoms with Gasteiger partial charge in [-0.1, -0.05) is 64.3 Å². The Kier molecular flexibility index (Phi) is 17.1. The number of halogens is 1. The molecule has 0 aliphatic heterocycles. The molecule has 0 heterocycles. The zero-order valence-corrected chi connectivity index (χ0v) is 28.1. The molecule has 0 radical (unpaired) electrons. The summed E-state index contributed by atoms with van der Waals surface area (Å²) in [4.78, 5) is 11.8. The van der Waals surface area contributed by atoms with Crippen molar-refractivity contribution < 1.29 is 43.5 Å². The van der Waals surface area contributed by atoms with E-state index in [4.69, 9.17) is 18.9 Å². The minimum atomic E-state index is -2.91. The summed E-state index contributed by atoms with van der Waals surface area (Å²) in [6, 6.07) is 10.4. The van der Waals surface area contributed by atoms with E-state index in [0.717, 1.165) is 30.4 Å². The van der Waals surface area contributed by atoms with E-state index < -0.39 is 26.2 Å². The van der Waals surface area contributed by atoms with Crippen LogP contribution in [-0.4, -0.2) is 73.8 Å². The van der Waals surface area contributed by atoms with Gasteiger partial charge in [-0.2, -0.15) is 0 Å². The topological polar surface area (TPSA) is 115 Å². The number of hydrogen-bond donors (Lipinski definition) is 3. The molecule has 45 heavy (non-hydrogen) atoms. The van der Waals surface area contributed by atoms with Gasteiger partial charge in [0.05, 0.1) is 25.7 Å². The zero-order chi connectivity index (χ0) is 33.2. The number of hydrogen-bond acceptors (Lipinski definition) is 8. The van der Waals surface area contributed by atoms with Crippen molar-refractivity contribution in [3.8, 4) is 22.6 Å². The van der Waals surface area contributed by atoms with Gasteiger partial charge in [0.2, 0.25) is 0 Å². The van der Waals surface area contributed by atoms with Crippen LogP contribution in [0.15, 0.2) is 60.7 Å². The van der Waals surface area contributed by atoms with Crippen LogP contribution in [0.25, 0.3) is 11.1 Å². The number of aliphatic hydroxyl groups excluding tert-OH is 3. The lowest BCUT2D eigenvalue weighted by Crippen LogP contribution is -2.55. The van der Waals surface area contributed by atoms with Crippen molar-refractivity contribution in [3.63, 3.8) is 0 Å². The molecule has 0 aromatic heterocycles. The van der Waals surface area contributed by atoms with E-state index >= 15 is 4.39 Å². The maximum Gasteiger partial charge on any atom is 0.333 e. The van der Waals surface area contributed by atoms with Gasteiger partial charge in [0, 0.05) is 18.0 Å². The third-order valence-electron chi connectivity index (χ3n) is 7.43. The summed E-state index contributed by atoms with van der Waals surface area (Å²) in [7, 11) is -2.91. The Morgan fingerprint density at radius 2 is 1.51 bits per heavy atom. The SMILES string of the molecule is C=C(C)C(=O)OCCCc1cc(-c2ccc(OCCCCCCCC)c(F)c2)ccc1OC[Si](CO)(CO)COC(O)C(=C)C. The summed E-state index contributed by atoms with van der Waals surface area (Å²) in [6.07, 6.45) is 5.87. The standard InChI is InChI=1S/C35H51FO8Si/c1-6-7-8-9-10-11-18-41-33-17-15-29(21-31(33)36)28-14-16-32(30(20-28)13-12-19-42-34(39)26(2)3)43-24-45(22-37,23-38)25-44-35(40)27(4)5/h14-17,20-21,35,37-38,40H,2,4,6-13,18-19,22-25H2,1,3,5H3. The second-order valence-electron chi connectivity index (χ2n) is 11.7. The third-order valence-corrected chi connectivity index (χ3v) is 10.3. The minimum Gasteiger partial charge on any atom is -0.497 e. The van der Waals surface area contributed by atoms with Gasteiger partial charge in [-0.15, -0.1) is 0 Å². The minimum absolute atomic E-state index is 0.0270. The van der Waals surface area contributed by atoms with Crippen LogP contribution < -0.4 is 9.47 Å². The second-order valence-corrected chi connectivity index (χ2v) is 15.9. The Morgan fingerprint density at radius 1 is 0.867 bits per heavy atom. The predicted octanol–water partition coefficient (Wildman–Crippen LogP) is 6.16. The fourth-order valence-electron chi connectivity index (χ4n) is 4.41. The molecule has 8 nitrogen and oxygen atoms in total. The molecular weight excluding hydrogens is 595 g/mol. The Hall–Kier alpha value is -3.02. The molecule has 0 fully saturated rings.